The molecule has 0 fully saturated rings. The average molecular weight is 294 g/mol. The molecule has 1 N–H and O–H groups in total. The second-order valence-electron chi connectivity index (χ2n) is 5.63. The Hall–Kier alpha value is -0.670. The molecule has 0 bridgehead atoms. The Morgan fingerprint density at radius 1 is 1.35 bits per heavy atom. The number of aliphatic hydroxyl groups is 1. The van der Waals surface area contributed by atoms with Crippen molar-refractivity contribution in [1.29, 1.82) is 0 Å². The molecule has 0 spiro atoms. The van der Waals surface area contributed by atoms with E-state index in [1.54, 1.807) is 11.8 Å². The van der Waals surface area contributed by atoms with Gasteiger partial charge in [0.2, 0.25) is 0 Å². The van der Waals surface area contributed by atoms with Crippen LogP contribution in [0.25, 0.3) is 0 Å². The van der Waals surface area contributed by atoms with E-state index in [4.69, 9.17) is 4.74 Å². The van der Waals surface area contributed by atoms with Gasteiger partial charge in [-0.25, -0.2) is 0 Å². The van der Waals surface area contributed by atoms with E-state index in [9.17, 15) is 5.11 Å². The maximum Gasteiger partial charge on any atom is 0.134 e. The Labute approximate surface area is 126 Å². The Morgan fingerprint density at radius 3 is 2.90 bits per heavy atom. The number of unbranched alkanes of at least 4 members (excludes halogenated alkanes) is 1. The highest BCUT2D eigenvalue weighted by molar-refractivity contribution is 7.99. The zero-order valence-electron chi connectivity index (χ0n) is 12.5. The monoisotopic (exact) mass is 294 g/mol. The van der Waals surface area contributed by atoms with E-state index in [1.165, 1.54) is 24.2 Å². The van der Waals surface area contributed by atoms with Crippen LogP contribution < -0.4 is 4.74 Å². The molecule has 112 valence electrons. The number of hydrogen-bond donors (Lipinski definition) is 1. The molecule has 2 rings (SSSR count). The van der Waals surface area contributed by atoms with Crippen molar-refractivity contribution in [3.63, 3.8) is 0 Å². The van der Waals surface area contributed by atoms with Crippen molar-refractivity contribution in [1.82, 2.24) is 0 Å². The van der Waals surface area contributed by atoms with Gasteiger partial charge in [0.15, 0.2) is 0 Å². The van der Waals surface area contributed by atoms with Crippen molar-refractivity contribution in [2.45, 2.75) is 63.1 Å². The molecule has 1 aromatic carbocycles. The Kier molecular flexibility index (Phi) is 6.24. The molecule has 0 aromatic heterocycles. The third kappa shape index (κ3) is 4.16. The highest BCUT2D eigenvalue weighted by Crippen LogP contribution is 2.36. The molecule has 0 radical (unpaired) electrons. The van der Waals surface area contributed by atoms with Crippen LogP contribution in [0.15, 0.2) is 29.2 Å². The smallest absolute Gasteiger partial charge is 0.134 e. The Bertz CT molecular complexity index is 408. The lowest BCUT2D eigenvalue weighted by Gasteiger charge is -2.30. The zero-order chi connectivity index (χ0) is 14.4. The number of rotatable bonds is 7. The first-order valence-electron chi connectivity index (χ1n) is 7.81. The molecular formula is C17H26O2S. The van der Waals surface area contributed by atoms with Crippen LogP contribution in [0.2, 0.25) is 0 Å². The molecule has 20 heavy (non-hydrogen) atoms. The highest BCUT2D eigenvalue weighted by atomic mass is 32.2. The predicted molar refractivity (Wildman–Crippen MR) is 85.5 cm³/mol. The number of para-hydroxylation sites is 1. The quantitative estimate of drug-likeness (QED) is 0.802. The van der Waals surface area contributed by atoms with Crippen molar-refractivity contribution in [3.05, 3.63) is 24.3 Å². The molecule has 2 nitrogen and oxygen atoms in total. The second kappa shape index (κ2) is 7.94. The van der Waals surface area contributed by atoms with Gasteiger partial charge in [0.05, 0.1) is 6.10 Å². The molecule has 0 saturated heterocycles. The molecule has 1 aliphatic rings. The lowest BCUT2D eigenvalue weighted by Crippen LogP contribution is -2.37. The van der Waals surface area contributed by atoms with Gasteiger partial charge >= 0.3 is 0 Å². The van der Waals surface area contributed by atoms with E-state index in [0.29, 0.717) is 5.92 Å². The maximum atomic E-state index is 10.5. The van der Waals surface area contributed by atoms with Gasteiger partial charge in [-0.3, -0.25) is 0 Å². The highest BCUT2D eigenvalue weighted by Gasteiger charge is 2.28. The molecule has 1 aromatic rings. The normalized spacial score (nSPS) is 20.9. The van der Waals surface area contributed by atoms with Gasteiger partial charge in [-0.1, -0.05) is 51.7 Å². The third-order valence-electron chi connectivity index (χ3n) is 4.08. The van der Waals surface area contributed by atoms with Gasteiger partial charge in [0.25, 0.3) is 0 Å². The summed E-state index contributed by atoms with van der Waals surface area (Å²) in [7, 11) is 0. The van der Waals surface area contributed by atoms with Crippen LogP contribution in [0, 0.1) is 5.92 Å². The number of fused-ring (bicyclic) bond motifs is 1. The van der Waals surface area contributed by atoms with E-state index in [1.807, 2.05) is 18.2 Å². The summed E-state index contributed by atoms with van der Waals surface area (Å²) in [6.07, 6.45) is 5.31. The van der Waals surface area contributed by atoms with Crippen LogP contribution in [-0.4, -0.2) is 23.1 Å². The van der Waals surface area contributed by atoms with Crippen molar-refractivity contribution in [2.24, 2.45) is 5.92 Å². The lowest BCUT2D eigenvalue weighted by molar-refractivity contribution is 0.0281. The summed E-state index contributed by atoms with van der Waals surface area (Å²) in [5.41, 5.74) is 0. The number of benzene rings is 1. The van der Waals surface area contributed by atoms with E-state index in [2.05, 4.69) is 19.9 Å². The fraction of sp³-hybridized carbons (Fsp3) is 0.647. The van der Waals surface area contributed by atoms with Crippen LogP contribution in [0.4, 0.5) is 0 Å². The van der Waals surface area contributed by atoms with Crippen LogP contribution in [0.1, 0.15) is 46.0 Å². The molecule has 3 unspecified atom stereocenters. The Morgan fingerprint density at radius 2 is 2.15 bits per heavy atom. The molecule has 0 amide bonds. The summed E-state index contributed by atoms with van der Waals surface area (Å²) in [5, 5.41) is 10.5. The van der Waals surface area contributed by atoms with E-state index in [0.717, 1.165) is 24.3 Å². The fourth-order valence-corrected chi connectivity index (χ4v) is 3.77. The minimum absolute atomic E-state index is 0.0643. The minimum atomic E-state index is -0.349. The van der Waals surface area contributed by atoms with Crippen LogP contribution in [0.3, 0.4) is 0 Å². The summed E-state index contributed by atoms with van der Waals surface area (Å²) in [4.78, 5) is 1.19. The molecule has 3 atom stereocenters. The van der Waals surface area contributed by atoms with Crippen LogP contribution in [0.5, 0.6) is 5.75 Å². The fourth-order valence-electron chi connectivity index (χ4n) is 2.70. The van der Waals surface area contributed by atoms with E-state index < -0.39 is 0 Å². The molecule has 1 heterocycles. The topological polar surface area (TPSA) is 29.5 Å². The van der Waals surface area contributed by atoms with Gasteiger partial charge in [-0.2, -0.15) is 0 Å². The molecule has 1 aliphatic heterocycles. The van der Waals surface area contributed by atoms with Gasteiger partial charge in [0, 0.05) is 10.6 Å². The van der Waals surface area contributed by atoms with E-state index in [-0.39, 0.29) is 12.2 Å². The summed E-state index contributed by atoms with van der Waals surface area (Å²) in [5.74, 6) is 2.40. The Balaban J connectivity index is 1.89. The van der Waals surface area contributed by atoms with Crippen LogP contribution in [-0.2, 0) is 0 Å². The molecule has 0 aliphatic carbocycles. The van der Waals surface area contributed by atoms with Gasteiger partial charge in [-0.15, -0.1) is 11.8 Å². The largest absolute Gasteiger partial charge is 0.486 e. The molecule has 3 heteroatoms. The number of aliphatic hydroxyl groups excluding tert-OH is 1. The number of ether oxygens (including phenoxy) is 1. The van der Waals surface area contributed by atoms with Gasteiger partial charge in [-0.05, 0) is 24.5 Å². The summed E-state index contributed by atoms with van der Waals surface area (Å²) < 4.78 is 5.97. The summed E-state index contributed by atoms with van der Waals surface area (Å²) >= 11 is 1.79. The average Bonchev–Trinajstić information content (AvgIpc) is 2.50. The van der Waals surface area contributed by atoms with Crippen molar-refractivity contribution in [2.75, 3.05) is 5.75 Å². The first kappa shape index (κ1) is 15.7. The predicted octanol–water partition coefficient (Wildman–Crippen LogP) is 4.51. The van der Waals surface area contributed by atoms with E-state index >= 15 is 0 Å². The first-order chi connectivity index (χ1) is 9.74. The SMILES string of the molecule is CCCCC(CC)CC(O)C1CSc2ccccc2O1. The first-order valence-corrected chi connectivity index (χ1v) is 8.79. The molecular weight excluding hydrogens is 268 g/mol. The zero-order valence-corrected chi connectivity index (χ0v) is 13.4. The second-order valence-corrected chi connectivity index (χ2v) is 6.70. The van der Waals surface area contributed by atoms with Crippen LogP contribution >= 0.6 is 11.8 Å². The van der Waals surface area contributed by atoms with Crippen molar-refractivity contribution < 1.29 is 9.84 Å². The summed E-state index contributed by atoms with van der Waals surface area (Å²) in [6, 6.07) is 8.10. The lowest BCUT2D eigenvalue weighted by atomic mass is 9.91. The number of thioether (sulfide) groups is 1. The maximum absolute atomic E-state index is 10.5. The third-order valence-corrected chi connectivity index (χ3v) is 5.22. The summed E-state index contributed by atoms with van der Waals surface area (Å²) in [6.45, 7) is 4.44. The van der Waals surface area contributed by atoms with Gasteiger partial charge < -0.3 is 9.84 Å². The number of hydrogen-bond acceptors (Lipinski definition) is 3. The van der Waals surface area contributed by atoms with Crippen molar-refractivity contribution >= 4 is 11.8 Å². The molecule has 0 saturated carbocycles. The van der Waals surface area contributed by atoms with Gasteiger partial charge in [0.1, 0.15) is 11.9 Å². The minimum Gasteiger partial charge on any atom is -0.486 e. The standard InChI is InChI=1S/C17H26O2S/c1-3-5-8-13(4-2)11-14(18)16-12-20-17-10-7-6-9-15(17)19-16/h6-7,9-10,13-14,16,18H,3-5,8,11-12H2,1-2H3. The van der Waals surface area contributed by atoms with Crippen molar-refractivity contribution in [3.8, 4) is 5.75 Å².